The van der Waals surface area contributed by atoms with Gasteiger partial charge in [0.2, 0.25) is 17.4 Å². The van der Waals surface area contributed by atoms with Gasteiger partial charge in [0.25, 0.3) is 0 Å². The number of imide groups is 1. The van der Waals surface area contributed by atoms with Gasteiger partial charge in [-0.15, -0.1) is 11.3 Å². The van der Waals surface area contributed by atoms with Gasteiger partial charge in [-0.25, -0.2) is 4.79 Å². The van der Waals surface area contributed by atoms with Gasteiger partial charge in [-0.1, -0.05) is 6.07 Å². The van der Waals surface area contributed by atoms with Crippen LogP contribution in [0.5, 0.6) is 0 Å². The van der Waals surface area contributed by atoms with Crippen LogP contribution in [-0.4, -0.2) is 41.9 Å². The number of carbonyl (C=O) groups excluding carboxylic acids is 3. The van der Waals surface area contributed by atoms with E-state index in [1.807, 2.05) is 22.8 Å². The molecular weight excluding hydrogens is 304 g/mol. The van der Waals surface area contributed by atoms with Crippen LogP contribution in [-0.2, 0) is 19.1 Å². The molecule has 0 bridgehead atoms. The van der Waals surface area contributed by atoms with Crippen molar-refractivity contribution < 1.29 is 24.4 Å². The maximum atomic E-state index is 12.7. The third-order valence-electron chi connectivity index (χ3n) is 4.81. The number of esters is 1. The second-order valence-corrected chi connectivity index (χ2v) is 6.89. The molecule has 2 saturated heterocycles. The Morgan fingerprint density at radius 3 is 2.73 bits per heavy atom. The quantitative estimate of drug-likeness (QED) is 0.623. The minimum Gasteiger partial charge on any atom is -0.464 e. The van der Waals surface area contributed by atoms with E-state index in [0.29, 0.717) is 6.54 Å². The monoisotopic (exact) mass is 323 g/mol. The van der Waals surface area contributed by atoms with Crippen molar-refractivity contribution in [1.29, 1.82) is 0 Å². The van der Waals surface area contributed by atoms with Crippen molar-refractivity contribution >= 4 is 29.1 Å². The summed E-state index contributed by atoms with van der Waals surface area (Å²) in [6.45, 7) is 3.81. The van der Waals surface area contributed by atoms with Gasteiger partial charge >= 0.3 is 5.97 Å². The summed E-state index contributed by atoms with van der Waals surface area (Å²) in [6, 6.07) is 3.63. The fourth-order valence-corrected chi connectivity index (χ4v) is 4.63. The van der Waals surface area contributed by atoms with E-state index in [4.69, 9.17) is 4.74 Å². The molecule has 0 spiro atoms. The van der Waals surface area contributed by atoms with E-state index in [1.54, 1.807) is 13.8 Å². The predicted molar refractivity (Wildman–Crippen MR) is 78.8 cm³/mol. The highest BCUT2D eigenvalue weighted by atomic mass is 32.1. The molecule has 0 radical (unpaired) electrons. The molecule has 3 rings (SSSR count). The molecule has 2 N–H and O–H groups in total. The summed E-state index contributed by atoms with van der Waals surface area (Å²) in [4.78, 5) is 39.9. The lowest BCUT2D eigenvalue weighted by Gasteiger charge is -2.25. The zero-order valence-corrected chi connectivity index (χ0v) is 13.6. The lowest BCUT2D eigenvalue weighted by Crippen LogP contribution is -2.97. The zero-order chi connectivity index (χ0) is 16.1. The molecule has 2 amide bonds. The van der Waals surface area contributed by atoms with Gasteiger partial charge in [-0.3, -0.25) is 14.5 Å². The minimum absolute atomic E-state index is 0.181. The topological polar surface area (TPSA) is 80.3 Å². The van der Waals surface area contributed by atoms with Crippen molar-refractivity contribution in [3.8, 4) is 0 Å². The third-order valence-corrected chi connectivity index (χ3v) is 5.79. The number of hydrogen-bond acceptors (Lipinski definition) is 5. The number of rotatable bonds is 3. The Labute approximate surface area is 132 Å². The minimum atomic E-state index is -1.06. The summed E-state index contributed by atoms with van der Waals surface area (Å²) < 4.78 is 4.91. The SMILES string of the molecule is CCN1C(=O)[C@@H]2[C@@H](c3cccs3)[NH2+][C@@](C)(C(=O)OC)[C@@H]2C1=O. The number of nitrogens with zero attached hydrogens (tertiary/aromatic N) is 1. The van der Waals surface area contributed by atoms with Crippen molar-refractivity contribution in [2.45, 2.75) is 25.4 Å². The summed E-state index contributed by atoms with van der Waals surface area (Å²) >= 11 is 1.54. The molecular formula is C15H19N2O4S+. The van der Waals surface area contributed by atoms with E-state index in [-0.39, 0.29) is 17.9 Å². The Bertz CT molecular complexity index is 629. The van der Waals surface area contributed by atoms with Gasteiger partial charge < -0.3 is 10.1 Å². The van der Waals surface area contributed by atoms with Crippen LogP contribution in [0.15, 0.2) is 17.5 Å². The van der Waals surface area contributed by atoms with Crippen LogP contribution in [0.25, 0.3) is 0 Å². The van der Waals surface area contributed by atoms with Crippen molar-refractivity contribution in [2.24, 2.45) is 11.8 Å². The standard InChI is InChI=1S/C15H18N2O4S/c1-4-17-12(18)9-10(13(17)19)15(2,14(20)21-3)16-11(9)8-6-5-7-22-8/h5-7,9-11,16H,4H2,1-3H3/p+1/t9-,10-,11+,15+/m0/s1. The smallest absolute Gasteiger partial charge is 0.368 e. The first-order valence-corrected chi connectivity index (χ1v) is 8.16. The van der Waals surface area contributed by atoms with Gasteiger partial charge in [0.05, 0.1) is 12.0 Å². The molecule has 1 aromatic rings. The van der Waals surface area contributed by atoms with Gasteiger partial charge in [0.1, 0.15) is 17.9 Å². The molecule has 2 aliphatic heterocycles. The second kappa shape index (κ2) is 5.17. The molecule has 4 atom stereocenters. The Kier molecular flexibility index (Phi) is 3.57. The van der Waals surface area contributed by atoms with Crippen molar-refractivity contribution in [3.05, 3.63) is 22.4 Å². The molecule has 0 unspecified atom stereocenters. The van der Waals surface area contributed by atoms with Gasteiger partial charge in [-0.05, 0) is 18.4 Å². The summed E-state index contributed by atoms with van der Waals surface area (Å²) in [5, 5.41) is 3.77. The average molecular weight is 323 g/mol. The van der Waals surface area contributed by atoms with E-state index in [1.165, 1.54) is 23.3 Å². The van der Waals surface area contributed by atoms with Crippen molar-refractivity contribution in [2.75, 3.05) is 13.7 Å². The lowest BCUT2D eigenvalue weighted by atomic mass is 9.81. The van der Waals surface area contributed by atoms with Crippen LogP contribution in [0.1, 0.15) is 24.8 Å². The molecule has 118 valence electrons. The summed E-state index contributed by atoms with van der Waals surface area (Å²) in [5.41, 5.74) is -1.06. The fourth-order valence-electron chi connectivity index (χ4n) is 3.79. The third kappa shape index (κ3) is 1.85. The maximum Gasteiger partial charge on any atom is 0.368 e. The van der Waals surface area contributed by atoms with Crippen LogP contribution < -0.4 is 5.32 Å². The number of hydrogen-bond donors (Lipinski definition) is 1. The lowest BCUT2D eigenvalue weighted by molar-refractivity contribution is -0.730. The molecule has 7 heteroatoms. The molecule has 0 aliphatic carbocycles. The molecule has 3 heterocycles. The molecule has 22 heavy (non-hydrogen) atoms. The highest BCUT2D eigenvalue weighted by Crippen LogP contribution is 2.45. The van der Waals surface area contributed by atoms with E-state index in [0.717, 1.165) is 4.88 Å². The Morgan fingerprint density at radius 1 is 1.45 bits per heavy atom. The molecule has 0 aromatic carbocycles. The highest BCUT2D eigenvalue weighted by molar-refractivity contribution is 7.10. The number of likely N-dealkylation sites (tertiary alicyclic amines) is 1. The number of amides is 2. The largest absolute Gasteiger partial charge is 0.464 e. The molecule has 2 aliphatic rings. The van der Waals surface area contributed by atoms with Crippen molar-refractivity contribution in [1.82, 2.24) is 4.90 Å². The molecule has 6 nitrogen and oxygen atoms in total. The summed E-state index contributed by atoms with van der Waals surface area (Å²) in [6.07, 6.45) is 0. The zero-order valence-electron chi connectivity index (χ0n) is 12.7. The van der Waals surface area contributed by atoms with E-state index in [2.05, 4.69) is 0 Å². The van der Waals surface area contributed by atoms with E-state index >= 15 is 0 Å². The number of thiophene rings is 1. The number of carbonyl (C=O) groups is 3. The highest BCUT2D eigenvalue weighted by Gasteiger charge is 2.70. The van der Waals surface area contributed by atoms with E-state index in [9.17, 15) is 14.4 Å². The number of quaternary nitrogens is 1. The Balaban J connectivity index is 2.09. The molecule has 0 saturated carbocycles. The van der Waals surface area contributed by atoms with Gasteiger partial charge in [0, 0.05) is 13.5 Å². The summed E-state index contributed by atoms with van der Waals surface area (Å²) in [7, 11) is 1.31. The normalized spacial score (nSPS) is 34.1. The number of ether oxygens (including phenoxy) is 1. The van der Waals surface area contributed by atoms with Crippen LogP contribution >= 0.6 is 11.3 Å². The first kappa shape index (κ1) is 15.2. The van der Waals surface area contributed by atoms with Crippen LogP contribution in [0, 0.1) is 11.8 Å². The van der Waals surface area contributed by atoms with Crippen molar-refractivity contribution in [3.63, 3.8) is 0 Å². The first-order chi connectivity index (χ1) is 10.5. The number of nitrogens with two attached hydrogens (primary N) is 1. The van der Waals surface area contributed by atoms with Crippen LogP contribution in [0.3, 0.4) is 0 Å². The maximum absolute atomic E-state index is 12.7. The number of methoxy groups -OCH3 is 1. The Hall–Kier alpha value is -1.73. The van der Waals surface area contributed by atoms with Crippen LogP contribution in [0.2, 0.25) is 0 Å². The van der Waals surface area contributed by atoms with E-state index < -0.39 is 23.3 Å². The number of fused-ring (bicyclic) bond motifs is 1. The first-order valence-electron chi connectivity index (χ1n) is 7.28. The predicted octanol–water partition coefficient (Wildman–Crippen LogP) is -0.0810. The average Bonchev–Trinajstić information content (AvgIpc) is 3.17. The second-order valence-electron chi connectivity index (χ2n) is 5.91. The fraction of sp³-hybridized carbons (Fsp3) is 0.533. The van der Waals surface area contributed by atoms with Gasteiger partial charge in [0.15, 0.2) is 0 Å². The molecule has 1 aromatic heterocycles. The summed E-state index contributed by atoms with van der Waals surface area (Å²) in [5.74, 6) is -2.07. The van der Waals surface area contributed by atoms with Crippen LogP contribution in [0.4, 0.5) is 0 Å². The Morgan fingerprint density at radius 2 is 2.18 bits per heavy atom. The molecule has 2 fully saturated rings. The van der Waals surface area contributed by atoms with Gasteiger partial charge in [-0.2, -0.15) is 0 Å².